The zero-order chi connectivity index (χ0) is 15.4. The number of hydrogen-bond acceptors (Lipinski definition) is 3. The number of hydrogen-bond donors (Lipinski definition) is 1. The van der Waals surface area contributed by atoms with Crippen LogP contribution < -0.4 is 14.8 Å². The first kappa shape index (κ1) is 15.3. The largest absolute Gasteiger partial charge is 0.493 e. The van der Waals surface area contributed by atoms with Crippen molar-refractivity contribution in [1.29, 1.82) is 0 Å². The molecule has 0 bridgehead atoms. The normalized spacial score (nSPS) is 10.1. The molecule has 0 heterocycles. The van der Waals surface area contributed by atoms with Gasteiger partial charge in [-0.3, -0.25) is 4.79 Å². The summed E-state index contributed by atoms with van der Waals surface area (Å²) in [5, 5.41) is 2.62. The summed E-state index contributed by atoms with van der Waals surface area (Å²) in [6, 6.07) is 8.84. The minimum atomic E-state index is -0.415. The molecule has 2 rings (SSSR count). The van der Waals surface area contributed by atoms with Gasteiger partial charge in [0.2, 0.25) is 0 Å². The second kappa shape index (κ2) is 6.58. The molecule has 0 spiro atoms. The van der Waals surface area contributed by atoms with E-state index in [1.54, 1.807) is 18.2 Å². The van der Waals surface area contributed by atoms with E-state index in [0.717, 1.165) is 0 Å². The van der Waals surface area contributed by atoms with Crippen LogP contribution in [0.15, 0.2) is 40.9 Å². The number of rotatable bonds is 4. The first-order valence-electron chi connectivity index (χ1n) is 6.03. The Balaban J connectivity index is 2.29. The van der Waals surface area contributed by atoms with E-state index >= 15 is 0 Å². The molecule has 110 valence electrons. The highest BCUT2D eigenvalue weighted by Gasteiger charge is 2.15. The third kappa shape index (κ3) is 3.52. The standard InChI is InChI=1S/C15H13BrFNO3/c1-20-13-7-9(6-12(16)14(13)21-2)15(19)18-11-5-3-4-10(17)8-11/h3-8H,1-2H3,(H,18,19). The molecule has 0 saturated carbocycles. The summed E-state index contributed by atoms with van der Waals surface area (Å²) >= 11 is 3.32. The van der Waals surface area contributed by atoms with Crippen molar-refractivity contribution in [2.75, 3.05) is 19.5 Å². The maximum absolute atomic E-state index is 13.1. The molecule has 1 N–H and O–H groups in total. The van der Waals surface area contributed by atoms with Gasteiger partial charge in [-0.05, 0) is 46.3 Å². The minimum absolute atomic E-state index is 0.365. The third-order valence-electron chi connectivity index (χ3n) is 2.78. The highest BCUT2D eigenvalue weighted by Crippen LogP contribution is 2.36. The van der Waals surface area contributed by atoms with Crippen molar-refractivity contribution < 1.29 is 18.7 Å². The number of halogens is 2. The molecule has 0 unspecified atom stereocenters. The van der Waals surface area contributed by atoms with Crippen LogP contribution in [0.1, 0.15) is 10.4 Å². The first-order valence-corrected chi connectivity index (χ1v) is 6.83. The van der Waals surface area contributed by atoms with Gasteiger partial charge in [-0.1, -0.05) is 6.07 Å². The van der Waals surface area contributed by atoms with Crippen LogP contribution in [-0.2, 0) is 0 Å². The van der Waals surface area contributed by atoms with Crippen molar-refractivity contribution in [3.05, 3.63) is 52.3 Å². The molecule has 1 amide bonds. The Kier molecular flexibility index (Phi) is 4.80. The van der Waals surface area contributed by atoms with E-state index in [1.807, 2.05) is 0 Å². The van der Waals surface area contributed by atoms with Crippen LogP contribution in [0.2, 0.25) is 0 Å². The minimum Gasteiger partial charge on any atom is -0.493 e. The fraction of sp³-hybridized carbons (Fsp3) is 0.133. The quantitative estimate of drug-likeness (QED) is 0.907. The topological polar surface area (TPSA) is 47.6 Å². The highest BCUT2D eigenvalue weighted by atomic mass is 79.9. The number of benzene rings is 2. The smallest absolute Gasteiger partial charge is 0.255 e. The third-order valence-corrected chi connectivity index (χ3v) is 3.37. The second-order valence-electron chi connectivity index (χ2n) is 4.16. The number of ether oxygens (including phenoxy) is 2. The molecule has 0 fully saturated rings. The average Bonchev–Trinajstić information content (AvgIpc) is 2.46. The fourth-order valence-corrected chi connectivity index (χ4v) is 2.42. The van der Waals surface area contributed by atoms with Gasteiger partial charge in [0.05, 0.1) is 18.7 Å². The van der Waals surface area contributed by atoms with E-state index in [9.17, 15) is 9.18 Å². The predicted octanol–water partition coefficient (Wildman–Crippen LogP) is 3.86. The van der Waals surface area contributed by atoms with E-state index in [4.69, 9.17) is 9.47 Å². The van der Waals surface area contributed by atoms with Gasteiger partial charge in [0.1, 0.15) is 5.82 Å². The van der Waals surface area contributed by atoms with Crippen LogP contribution in [0.4, 0.5) is 10.1 Å². The van der Waals surface area contributed by atoms with E-state index in [0.29, 0.717) is 27.2 Å². The SMILES string of the molecule is COc1cc(C(=O)Nc2cccc(F)c2)cc(Br)c1OC. The van der Waals surface area contributed by atoms with Gasteiger partial charge in [0.15, 0.2) is 11.5 Å². The lowest BCUT2D eigenvalue weighted by Gasteiger charge is -2.12. The lowest BCUT2D eigenvalue weighted by Crippen LogP contribution is -2.12. The first-order chi connectivity index (χ1) is 10.0. The van der Waals surface area contributed by atoms with Crippen LogP contribution >= 0.6 is 15.9 Å². The van der Waals surface area contributed by atoms with Gasteiger partial charge in [-0.15, -0.1) is 0 Å². The molecule has 6 heteroatoms. The summed E-state index contributed by atoms with van der Waals surface area (Å²) < 4.78 is 24.1. The molecule has 0 aliphatic heterocycles. The van der Waals surface area contributed by atoms with Gasteiger partial charge in [-0.2, -0.15) is 0 Å². The van der Waals surface area contributed by atoms with Crippen LogP contribution in [0, 0.1) is 5.82 Å². The zero-order valence-electron chi connectivity index (χ0n) is 11.4. The highest BCUT2D eigenvalue weighted by molar-refractivity contribution is 9.10. The molecule has 0 atom stereocenters. The monoisotopic (exact) mass is 353 g/mol. The van der Waals surface area contributed by atoms with Crippen LogP contribution in [-0.4, -0.2) is 20.1 Å². The average molecular weight is 354 g/mol. The number of carbonyl (C=O) groups is 1. The van der Waals surface area contributed by atoms with E-state index in [1.165, 1.54) is 32.4 Å². The molecular weight excluding hydrogens is 341 g/mol. The molecule has 2 aromatic rings. The Labute approximate surface area is 130 Å². The molecule has 2 aromatic carbocycles. The summed E-state index contributed by atoms with van der Waals surface area (Å²) in [6.07, 6.45) is 0. The van der Waals surface area contributed by atoms with Crippen LogP contribution in [0.3, 0.4) is 0 Å². The number of methoxy groups -OCH3 is 2. The molecule has 0 aliphatic rings. The van der Waals surface area contributed by atoms with Crippen LogP contribution in [0.25, 0.3) is 0 Å². The summed E-state index contributed by atoms with van der Waals surface area (Å²) in [6.45, 7) is 0. The summed E-state index contributed by atoms with van der Waals surface area (Å²) in [5.74, 6) is 0.139. The fourth-order valence-electron chi connectivity index (χ4n) is 1.82. The Bertz CT molecular complexity index is 676. The van der Waals surface area contributed by atoms with Crippen molar-refractivity contribution >= 4 is 27.5 Å². The lowest BCUT2D eigenvalue weighted by molar-refractivity contribution is 0.102. The van der Waals surface area contributed by atoms with Gasteiger partial charge in [0, 0.05) is 11.3 Å². The Hall–Kier alpha value is -2.08. The Morgan fingerprint density at radius 3 is 2.57 bits per heavy atom. The van der Waals surface area contributed by atoms with Gasteiger partial charge in [-0.25, -0.2) is 4.39 Å². The van der Waals surface area contributed by atoms with E-state index in [2.05, 4.69) is 21.2 Å². The number of anilines is 1. The van der Waals surface area contributed by atoms with Crippen molar-refractivity contribution in [3.8, 4) is 11.5 Å². The Morgan fingerprint density at radius 2 is 1.95 bits per heavy atom. The van der Waals surface area contributed by atoms with E-state index in [-0.39, 0.29) is 5.91 Å². The number of carbonyl (C=O) groups excluding carboxylic acids is 1. The van der Waals surface area contributed by atoms with Gasteiger partial charge < -0.3 is 14.8 Å². The van der Waals surface area contributed by atoms with Crippen molar-refractivity contribution in [2.24, 2.45) is 0 Å². The molecule has 0 aromatic heterocycles. The maximum atomic E-state index is 13.1. The summed E-state index contributed by atoms with van der Waals surface area (Å²) in [4.78, 5) is 12.2. The van der Waals surface area contributed by atoms with Gasteiger partial charge in [0.25, 0.3) is 5.91 Å². The Morgan fingerprint density at radius 1 is 1.19 bits per heavy atom. The van der Waals surface area contributed by atoms with Gasteiger partial charge >= 0.3 is 0 Å². The maximum Gasteiger partial charge on any atom is 0.255 e. The molecule has 21 heavy (non-hydrogen) atoms. The zero-order valence-corrected chi connectivity index (χ0v) is 13.0. The molecule has 4 nitrogen and oxygen atoms in total. The molecule has 0 radical (unpaired) electrons. The molecular formula is C15H13BrFNO3. The van der Waals surface area contributed by atoms with Crippen molar-refractivity contribution in [1.82, 2.24) is 0 Å². The lowest BCUT2D eigenvalue weighted by atomic mass is 10.2. The summed E-state index contributed by atoms with van der Waals surface area (Å²) in [7, 11) is 2.99. The predicted molar refractivity (Wildman–Crippen MR) is 81.6 cm³/mol. The summed E-state index contributed by atoms with van der Waals surface area (Å²) in [5.41, 5.74) is 0.745. The van der Waals surface area contributed by atoms with Crippen molar-refractivity contribution in [2.45, 2.75) is 0 Å². The number of amides is 1. The number of nitrogens with one attached hydrogen (secondary N) is 1. The van der Waals surface area contributed by atoms with E-state index < -0.39 is 5.82 Å². The molecule has 0 saturated heterocycles. The van der Waals surface area contributed by atoms with Crippen LogP contribution in [0.5, 0.6) is 11.5 Å². The molecule has 0 aliphatic carbocycles. The van der Waals surface area contributed by atoms with Crippen molar-refractivity contribution in [3.63, 3.8) is 0 Å². The second-order valence-corrected chi connectivity index (χ2v) is 5.01.